The lowest BCUT2D eigenvalue weighted by atomic mass is 9.95. The Morgan fingerprint density at radius 1 is 1.24 bits per heavy atom. The van der Waals surface area contributed by atoms with Crippen LogP contribution in [0.4, 0.5) is 5.69 Å². The molecule has 25 heavy (non-hydrogen) atoms. The van der Waals surface area contributed by atoms with Gasteiger partial charge in [0.05, 0.1) is 16.3 Å². The normalized spacial score (nSPS) is 15.2. The number of anilines is 1. The Balaban J connectivity index is 1.60. The van der Waals surface area contributed by atoms with Crippen molar-refractivity contribution >= 4 is 28.8 Å². The van der Waals surface area contributed by atoms with E-state index >= 15 is 0 Å². The SMILES string of the molecule is Cc1cc(C)c(NC(=O)C2CCN(C(=O)c3cccs3)CC2)c(C)n1. The molecule has 1 fully saturated rings. The number of hydrogen-bond donors (Lipinski definition) is 1. The van der Waals surface area contributed by atoms with Crippen LogP contribution in [-0.4, -0.2) is 34.8 Å². The number of hydrogen-bond acceptors (Lipinski definition) is 4. The van der Waals surface area contributed by atoms with E-state index in [0.717, 1.165) is 27.5 Å². The van der Waals surface area contributed by atoms with Crippen LogP contribution < -0.4 is 5.32 Å². The van der Waals surface area contributed by atoms with Gasteiger partial charge in [0.15, 0.2) is 0 Å². The molecule has 2 amide bonds. The number of aryl methyl sites for hydroxylation is 3. The molecule has 0 bridgehead atoms. The average Bonchev–Trinajstić information content (AvgIpc) is 3.12. The molecule has 2 aromatic rings. The number of pyridine rings is 1. The van der Waals surface area contributed by atoms with Gasteiger partial charge in [-0.25, -0.2) is 0 Å². The fourth-order valence-corrected chi connectivity index (χ4v) is 4.03. The Bertz CT molecular complexity index is 755. The summed E-state index contributed by atoms with van der Waals surface area (Å²) in [5.74, 6) is 0.0378. The van der Waals surface area contributed by atoms with Gasteiger partial charge in [-0.15, -0.1) is 11.3 Å². The second-order valence-corrected chi connectivity index (χ2v) is 7.52. The monoisotopic (exact) mass is 357 g/mol. The molecule has 0 unspecified atom stereocenters. The van der Waals surface area contributed by atoms with E-state index in [1.165, 1.54) is 11.3 Å². The highest BCUT2D eigenvalue weighted by molar-refractivity contribution is 7.12. The zero-order chi connectivity index (χ0) is 18.0. The zero-order valence-electron chi connectivity index (χ0n) is 14.8. The van der Waals surface area contributed by atoms with E-state index in [2.05, 4.69) is 10.3 Å². The molecule has 0 spiro atoms. The van der Waals surface area contributed by atoms with Crippen LogP contribution in [0.3, 0.4) is 0 Å². The molecular formula is C19H23N3O2S. The van der Waals surface area contributed by atoms with Crippen LogP contribution in [0.2, 0.25) is 0 Å². The molecule has 2 aromatic heterocycles. The molecule has 0 aliphatic carbocycles. The first kappa shape index (κ1) is 17.6. The summed E-state index contributed by atoms with van der Waals surface area (Å²) in [7, 11) is 0. The lowest BCUT2D eigenvalue weighted by Gasteiger charge is -2.31. The number of carbonyl (C=O) groups is 2. The van der Waals surface area contributed by atoms with Gasteiger partial charge in [0.2, 0.25) is 5.91 Å². The van der Waals surface area contributed by atoms with Crippen molar-refractivity contribution in [2.24, 2.45) is 5.92 Å². The predicted octanol–water partition coefficient (Wildman–Crippen LogP) is 3.56. The van der Waals surface area contributed by atoms with E-state index in [1.54, 1.807) is 0 Å². The van der Waals surface area contributed by atoms with Crippen molar-refractivity contribution < 1.29 is 9.59 Å². The molecule has 3 heterocycles. The van der Waals surface area contributed by atoms with Gasteiger partial charge in [-0.05, 0) is 56.7 Å². The fraction of sp³-hybridized carbons (Fsp3) is 0.421. The van der Waals surface area contributed by atoms with Crippen molar-refractivity contribution in [3.8, 4) is 0 Å². The Kier molecular flexibility index (Phi) is 5.18. The predicted molar refractivity (Wildman–Crippen MR) is 100 cm³/mol. The van der Waals surface area contributed by atoms with Crippen molar-refractivity contribution in [2.75, 3.05) is 18.4 Å². The Morgan fingerprint density at radius 2 is 1.96 bits per heavy atom. The molecule has 0 saturated carbocycles. The highest BCUT2D eigenvalue weighted by Crippen LogP contribution is 2.24. The maximum Gasteiger partial charge on any atom is 0.263 e. The number of carbonyl (C=O) groups excluding carboxylic acids is 2. The fourth-order valence-electron chi connectivity index (χ4n) is 3.34. The lowest BCUT2D eigenvalue weighted by Crippen LogP contribution is -2.41. The third-order valence-electron chi connectivity index (χ3n) is 4.66. The quantitative estimate of drug-likeness (QED) is 0.913. The second-order valence-electron chi connectivity index (χ2n) is 6.57. The maximum atomic E-state index is 12.6. The Hall–Kier alpha value is -2.21. The van der Waals surface area contributed by atoms with Crippen LogP contribution in [0.5, 0.6) is 0 Å². The number of thiophene rings is 1. The molecule has 5 nitrogen and oxygen atoms in total. The molecule has 0 radical (unpaired) electrons. The van der Waals surface area contributed by atoms with E-state index in [1.807, 2.05) is 49.3 Å². The van der Waals surface area contributed by atoms with Crippen molar-refractivity contribution in [2.45, 2.75) is 33.6 Å². The minimum atomic E-state index is -0.0625. The van der Waals surface area contributed by atoms with Crippen LogP contribution in [0.15, 0.2) is 23.6 Å². The Morgan fingerprint density at radius 3 is 2.56 bits per heavy atom. The zero-order valence-corrected chi connectivity index (χ0v) is 15.7. The first-order chi connectivity index (χ1) is 12.0. The van der Waals surface area contributed by atoms with E-state index in [4.69, 9.17) is 0 Å². The van der Waals surface area contributed by atoms with Crippen molar-refractivity contribution in [1.29, 1.82) is 0 Å². The summed E-state index contributed by atoms with van der Waals surface area (Å²) < 4.78 is 0. The topological polar surface area (TPSA) is 62.3 Å². The Labute approximate surface area is 152 Å². The summed E-state index contributed by atoms with van der Waals surface area (Å²) in [5.41, 5.74) is 3.64. The van der Waals surface area contributed by atoms with E-state index in [9.17, 15) is 9.59 Å². The summed E-state index contributed by atoms with van der Waals surface area (Å²) in [6, 6.07) is 5.71. The first-order valence-corrected chi connectivity index (χ1v) is 9.42. The summed E-state index contributed by atoms with van der Waals surface area (Å²) in [6.45, 7) is 7.10. The standard InChI is InChI=1S/C19H23N3O2S/c1-12-11-13(2)20-14(3)17(12)21-18(23)15-6-8-22(9-7-15)19(24)16-5-4-10-25-16/h4-5,10-11,15H,6-9H2,1-3H3,(H,21,23). The number of nitrogens with zero attached hydrogens (tertiary/aromatic N) is 2. The van der Waals surface area contributed by atoms with E-state index in [0.29, 0.717) is 25.9 Å². The number of likely N-dealkylation sites (tertiary alicyclic amines) is 1. The van der Waals surface area contributed by atoms with Gasteiger partial charge in [-0.1, -0.05) is 6.07 Å². The average molecular weight is 357 g/mol. The van der Waals surface area contributed by atoms with Crippen molar-refractivity contribution in [3.63, 3.8) is 0 Å². The highest BCUT2D eigenvalue weighted by atomic mass is 32.1. The molecular weight excluding hydrogens is 334 g/mol. The molecule has 1 N–H and O–H groups in total. The van der Waals surface area contributed by atoms with Crippen LogP contribution in [-0.2, 0) is 4.79 Å². The van der Waals surface area contributed by atoms with Gasteiger partial charge >= 0.3 is 0 Å². The number of piperidine rings is 1. The smallest absolute Gasteiger partial charge is 0.263 e. The minimum absolute atomic E-state index is 0.0278. The maximum absolute atomic E-state index is 12.6. The molecule has 132 valence electrons. The second kappa shape index (κ2) is 7.35. The van der Waals surface area contributed by atoms with Crippen molar-refractivity contribution in [1.82, 2.24) is 9.88 Å². The number of rotatable bonds is 3. The molecule has 0 atom stereocenters. The molecule has 6 heteroatoms. The lowest BCUT2D eigenvalue weighted by molar-refractivity contribution is -0.121. The van der Waals surface area contributed by atoms with Crippen LogP contribution >= 0.6 is 11.3 Å². The third kappa shape index (κ3) is 3.90. The number of amides is 2. The van der Waals surface area contributed by atoms with E-state index < -0.39 is 0 Å². The van der Waals surface area contributed by atoms with Crippen LogP contribution in [0.25, 0.3) is 0 Å². The van der Waals surface area contributed by atoms with Gasteiger partial charge in [0.25, 0.3) is 5.91 Å². The van der Waals surface area contributed by atoms with Crippen LogP contribution in [0.1, 0.15) is 39.5 Å². The van der Waals surface area contributed by atoms with Crippen LogP contribution in [0, 0.1) is 26.7 Å². The number of nitrogens with one attached hydrogen (secondary N) is 1. The summed E-state index contributed by atoms with van der Waals surface area (Å²) in [6.07, 6.45) is 1.39. The molecule has 1 saturated heterocycles. The minimum Gasteiger partial charge on any atom is -0.338 e. The van der Waals surface area contributed by atoms with Gasteiger partial charge in [-0.2, -0.15) is 0 Å². The molecule has 1 aliphatic heterocycles. The molecule has 0 aromatic carbocycles. The van der Waals surface area contributed by atoms with Gasteiger partial charge in [0.1, 0.15) is 0 Å². The summed E-state index contributed by atoms with van der Waals surface area (Å²) in [5, 5.41) is 4.95. The van der Waals surface area contributed by atoms with Gasteiger partial charge in [-0.3, -0.25) is 14.6 Å². The third-order valence-corrected chi connectivity index (χ3v) is 5.52. The largest absolute Gasteiger partial charge is 0.338 e. The first-order valence-electron chi connectivity index (χ1n) is 8.54. The number of aromatic nitrogens is 1. The highest BCUT2D eigenvalue weighted by Gasteiger charge is 2.28. The van der Waals surface area contributed by atoms with Gasteiger partial charge in [0, 0.05) is 24.7 Å². The van der Waals surface area contributed by atoms with Gasteiger partial charge < -0.3 is 10.2 Å². The van der Waals surface area contributed by atoms with Crippen molar-refractivity contribution in [3.05, 3.63) is 45.4 Å². The summed E-state index contributed by atoms with van der Waals surface area (Å²) in [4.78, 5) is 32.0. The summed E-state index contributed by atoms with van der Waals surface area (Å²) >= 11 is 1.46. The molecule has 3 rings (SSSR count). The van der Waals surface area contributed by atoms with E-state index in [-0.39, 0.29) is 17.7 Å². The molecule has 1 aliphatic rings.